The topological polar surface area (TPSA) is 86.8 Å². The number of carbonyl (C=O) groups is 2. The summed E-state index contributed by atoms with van der Waals surface area (Å²) in [4.78, 5) is 30.7. The number of piperidine rings is 1. The van der Waals surface area contributed by atoms with E-state index in [9.17, 15) is 18.0 Å². The van der Waals surface area contributed by atoms with Crippen molar-refractivity contribution >= 4 is 33.0 Å². The maximum atomic E-state index is 13.2. The number of benzene rings is 1. The molecule has 3 heterocycles. The molecule has 1 atom stereocenters. The first-order chi connectivity index (χ1) is 15.9. The summed E-state index contributed by atoms with van der Waals surface area (Å²) in [5.74, 6) is 0.198. The lowest BCUT2D eigenvalue weighted by molar-refractivity contribution is -0.135. The van der Waals surface area contributed by atoms with E-state index >= 15 is 0 Å². The van der Waals surface area contributed by atoms with Crippen molar-refractivity contribution in [2.75, 3.05) is 31.1 Å². The van der Waals surface area contributed by atoms with Crippen LogP contribution in [0.4, 0.5) is 0 Å². The van der Waals surface area contributed by atoms with E-state index in [0.29, 0.717) is 32.6 Å². The van der Waals surface area contributed by atoms with Crippen molar-refractivity contribution in [2.24, 2.45) is 5.92 Å². The van der Waals surface area contributed by atoms with E-state index in [0.717, 1.165) is 23.3 Å². The highest BCUT2D eigenvalue weighted by Gasteiger charge is 2.35. The first-order valence-corrected chi connectivity index (χ1v) is 14.2. The van der Waals surface area contributed by atoms with Crippen molar-refractivity contribution in [3.05, 3.63) is 58.3 Å². The summed E-state index contributed by atoms with van der Waals surface area (Å²) in [6.45, 7) is 2.62. The van der Waals surface area contributed by atoms with Crippen LogP contribution < -0.4 is 5.32 Å². The third-order valence-electron chi connectivity index (χ3n) is 6.50. The third-order valence-corrected chi connectivity index (χ3v) is 9.11. The molecule has 1 N–H and O–H groups in total. The van der Waals surface area contributed by atoms with Crippen LogP contribution in [0.2, 0.25) is 0 Å². The minimum Gasteiger partial charge on any atom is -0.352 e. The van der Waals surface area contributed by atoms with Gasteiger partial charge in [0, 0.05) is 23.4 Å². The Kier molecular flexibility index (Phi) is 7.82. The van der Waals surface area contributed by atoms with Crippen molar-refractivity contribution in [2.45, 2.75) is 38.4 Å². The molecule has 178 valence electrons. The summed E-state index contributed by atoms with van der Waals surface area (Å²) < 4.78 is 24.0. The van der Waals surface area contributed by atoms with E-state index in [1.54, 1.807) is 16.2 Å². The number of nitrogens with zero attached hydrogens (tertiary/aromatic N) is 2. The zero-order valence-electron chi connectivity index (χ0n) is 18.7. The number of sulfone groups is 1. The predicted molar refractivity (Wildman–Crippen MR) is 129 cm³/mol. The lowest BCUT2D eigenvalue weighted by atomic mass is 9.95. The van der Waals surface area contributed by atoms with Crippen molar-refractivity contribution in [1.29, 1.82) is 0 Å². The van der Waals surface area contributed by atoms with Gasteiger partial charge in [-0.2, -0.15) is 0 Å². The lowest BCUT2D eigenvalue weighted by Crippen LogP contribution is -2.48. The van der Waals surface area contributed by atoms with E-state index in [2.05, 4.69) is 10.2 Å². The van der Waals surface area contributed by atoms with Gasteiger partial charge < -0.3 is 10.2 Å². The van der Waals surface area contributed by atoms with Crippen molar-refractivity contribution in [3.8, 4) is 0 Å². The van der Waals surface area contributed by atoms with E-state index < -0.39 is 9.84 Å². The Morgan fingerprint density at radius 2 is 1.82 bits per heavy atom. The Hall–Kier alpha value is -2.23. The van der Waals surface area contributed by atoms with Crippen molar-refractivity contribution < 1.29 is 18.0 Å². The number of likely N-dealkylation sites (tertiary alicyclic amines) is 1. The lowest BCUT2D eigenvalue weighted by Gasteiger charge is -2.34. The summed E-state index contributed by atoms with van der Waals surface area (Å²) >= 11 is 1.58. The van der Waals surface area contributed by atoms with Crippen LogP contribution in [-0.2, 0) is 32.5 Å². The van der Waals surface area contributed by atoms with Gasteiger partial charge in [-0.1, -0.05) is 36.4 Å². The smallest absolute Gasteiger partial charge is 0.237 e. The molecule has 0 bridgehead atoms. The summed E-state index contributed by atoms with van der Waals surface area (Å²) in [5.41, 5.74) is 1.08. The summed E-state index contributed by atoms with van der Waals surface area (Å²) in [6.07, 6.45) is 1.94. The summed E-state index contributed by atoms with van der Waals surface area (Å²) in [6, 6.07) is 13.5. The number of hydrogen-bond acceptors (Lipinski definition) is 6. The van der Waals surface area contributed by atoms with Gasteiger partial charge in [0.15, 0.2) is 9.84 Å². The minimum atomic E-state index is -3.08. The van der Waals surface area contributed by atoms with Gasteiger partial charge >= 0.3 is 0 Å². The van der Waals surface area contributed by atoms with E-state index in [-0.39, 0.29) is 41.8 Å². The first-order valence-electron chi connectivity index (χ1n) is 11.5. The second kappa shape index (κ2) is 10.8. The number of thiophene rings is 1. The normalized spacial score (nSPS) is 21.0. The highest BCUT2D eigenvalue weighted by atomic mass is 32.2. The van der Waals surface area contributed by atoms with Crippen LogP contribution in [0.3, 0.4) is 0 Å². The van der Waals surface area contributed by atoms with Gasteiger partial charge in [-0.15, -0.1) is 11.3 Å². The fourth-order valence-electron chi connectivity index (χ4n) is 4.58. The fraction of sp³-hybridized carbons (Fsp3) is 0.500. The Bertz CT molecular complexity index is 1030. The molecule has 0 spiro atoms. The van der Waals surface area contributed by atoms with Crippen molar-refractivity contribution in [3.63, 3.8) is 0 Å². The molecule has 0 aliphatic carbocycles. The van der Waals surface area contributed by atoms with Gasteiger partial charge in [-0.25, -0.2) is 8.42 Å². The van der Waals surface area contributed by atoms with Crippen LogP contribution in [0.5, 0.6) is 0 Å². The number of amides is 2. The second-order valence-corrected chi connectivity index (χ2v) is 12.2. The molecule has 2 fully saturated rings. The van der Waals surface area contributed by atoms with Gasteiger partial charge in [-0.3, -0.25) is 14.5 Å². The Morgan fingerprint density at radius 3 is 2.45 bits per heavy atom. The molecule has 1 unspecified atom stereocenters. The molecule has 9 heteroatoms. The van der Waals surface area contributed by atoms with Crippen LogP contribution in [0.1, 0.15) is 29.7 Å². The van der Waals surface area contributed by atoms with E-state index in [4.69, 9.17) is 0 Å². The molecule has 2 aliphatic heterocycles. The van der Waals surface area contributed by atoms with Crippen LogP contribution in [0.15, 0.2) is 47.8 Å². The van der Waals surface area contributed by atoms with Crippen LogP contribution in [0, 0.1) is 5.92 Å². The molecule has 1 aromatic carbocycles. The average molecular weight is 490 g/mol. The van der Waals surface area contributed by atoms with Gasteiger partial charge in [-0.05, 0) is 49.4 Å². The second-order valence-electron chi connectivity index (χ2n) is 8.91. The molecule has 0 saturated carbocycles. The molecule has 2 aromatic rings. The van der Waals surface area contributed by atoms with Gasteiger partial charge in [0.25, 0.3) is 0 Å². The maximum Gasteiger partial charge on any atom is 0.237 e. The number of carbonyl (C=O) groups excluding carboxylic acids is 2. The number of rotatable bonds is 8. The highest BCUT2D eigenvalue weighted by Crippen LogP contribution is 2.23. The molecule has 2 saturated heterocycles. The zero-order valence-corrected chi connectivity index (χ0v) is 20.3. The van der Waals surface area contributed by atoms with E-state index in [1.165, 1.54) is 0 Å². The van der Waals surface area contributed by atoms with Crippen LogP contribution >= 0.6 is 11.3 Å². The monoisotopic (exact) mass is 489 g/mol. The maximum absolute atomic E-state index is 13.2. The third kappa shape index (κ3) is 6.65. The molecular weight excluding hydrogens is 458 g/mol. The fourth-order valence-corrected chi connectivity index (χ4v) is 7.01. The van der Waals surface area contributed by atoms with Crippen molar-refractivity contribution in [1.82, 2.24) is 15.1 Å². The standard InChI is InChI=1S/C24H31N3O4S2/c28-23(27(16-22-7-4-13-32-22)21-10-14-33(30,31)18-21)17-26-11-8-20(9-12-26)24(29)25-15-19-5-2-1-3-6-19/h1-7,13,20-21H,8-12,14-18H2,(H,25,29). The predicted octanol–water partition coefficient (Wildman–Crippen LogP) is 2.29. The van der Waals surface area contributed by atoms with E-state index in [1.807, 2.05) is 47.8 Å². The zero-order chi connectivity index (χ0) is 23.3. The highest BCUT2D eigenvalue weighted by molar-refractivity contribution is 7.91. The first kappa shape index (κ1) is 23.9. The molecule has 1 aromatic heterocycles. The SMILES string of the molecule is O=C(NCc1ccccc1)C1CCN(CC(=O)N(Cc2cccs2)C2CCS(=O)(=O)C2)CC1. The Labute approximate surface area is 199 Å². The van der Waals surface area contributed by atoms with Crippen LogP contribution in [-0.4, -0.2) is 67.2 Å². The van der Waals surface area contributed by atoms with Gasteiger partial charge in [0.1, 0.15) is 0 Å². The minimum absolute atomic E-state index is 0.0301. The molecule has 33 heavy (non-hydrogen) atoms. The molecule has 4 rings (SSSR count). The molecular formula is C24H31N3O4S2. The van der Waals surface area contributed by atoms with Gasteiger partial charge in [0.2, 0.25) is 11.8 Å². The molecule has 0 radical (unpaired) electrons. The quantitative estimate of drug-likeness (QED) is 0.615. The summed E-state index contributed by atoms with van der Waals surface area (Å²) in [5, 5.41) is 4.99. The molecule has 2 amide bonds. The Balaban J connectivity index is 1.28. The molecule has 2 aliphatic rings. The number of hydrogen-bond donors (Lipinski definition) is 1. The van der Waals surface area contributed by atoms with Crippen LogP contribution in [0.25, 0.3) is 0 Å². The Morgan fingerprint density at radius 1 is 1.06 bits per heavy atom. The largest absolute Gasteiger partial charge is 0.352 e. The van der Waals surface area contributed by atoms with Gasteiger partial charge in [0.05, 0.1) is 24.6 Å². The summed E-state index contributed by atoms with van der Waals surface area (Å²) in [7, 11) is -3.08. The molecule has 7 nitrogen and oxygen atoms in total. The number of nitrogens with one attached hydrogen (secondary N) is 1. The average Bonchev–Trinajstić information content (AvgIpc) is 3.46.